The Morgan fingerprint density at radius 2 is 1.65 bits per heavy atom. The molecular weight excluding hydrogens is 242 g/mol. The molecule has 0 amide bonds. The van der Waals surface area contributed by atoms with Gasteiger partial charge in [-0.3, -0.25) is 0 Å². The summed E-state index contributed by atoms with van der Waals surface area (Å²) < 4.78 is 0. The van der Waals surface area contributed by atoms with E-state index in [0.717, 1.165) is 31.2 Å². The van der Waals surface area contributed by atoms with Gasteiger partial charge in [-0.2, -0.15) is 0 Å². The van der Waals surface area contributed by atoms with Crippen molar-refractivity contribution in [3.8, 4) is 0 Å². The molecule has 0 unspecified atom stereocenters. The van der Waals surface area contributed by atoms with Crippen molar-refractivity contribution < 1.29 is 0 Å². The van der Waals surface area contributed by atoms with E-state index in [9.17, 15) is 0 Å². The summed E-state index contributed by atoms with van der Waals surface area (Å²) in [6.45, 7) is 7.78. The summed E-state index contributed by atoms with van der Waals surface area (Å²) in [4.78, 5) is 0. The lowest BCUT2D eigenvalue weighted by molar-refractivity contribution is 0.132. The van der Waals surface area contributed by atoms with E-state index >= 15 is 0 Å². The van der Waals surface area contributed by atoms with Crippen LogP contribution in [0.4, 0.5) is 0 Å². The highest BCUT2D eigenvalue weighted by Gasteiger charge is 2.34. The number of nitrogens with two attached hydrogens (primary N) is 1. The number of benzene rings is 1. The van der Waals surface area contributed by atoms with Crippen molar-refractivity contribution in [2.45, 2.75) is 59.3 Å². The van der Waals surface area contributed by atoms with Crippen LogP contribution in [0.1, 0.15) is 57.6 Å². The Balaban J connectivity index is 2.01. The topological polar surface area (TPSA) is 26.0 Å². The molecule has 1 aromatic carbocycles. The Morgan fingerprint density at radius 1 is 1.10 bits per heavy atom. The molecule has 0 aliphatic heterocycles. The lowest BCUT2D eigenvalue weighted by Gasteiger charge is -2.41. The number of rotatable bonds is 5. The predicted octanol–water partition coefficient (Wildman–Crippen LogP) is 4.58. The van der Waals surface area contributed by atoms with Crippen LogP contribution in [-0.2, 0) is 12.8 Å². The van der Waals surface area contributed by atoms with Crippen LogP contribution in [0, 0.1) is 17.3 Å². The standard InChI is InChI=1S/C19H31N/c1-4-16-5-7-17(8-6-16)13-19(14-20)11-9-18(10-12-19)15(2)3/h5-8,15,18H,4,9-14,20H2,1-3H3. The Bertz CT molecular complexity index is 396. The molecule has 0 bridgehead atoms. The van der Waals surface area contributed by atoms with Crippen molar-refractivity contribution >= 4 is 0 Å². The first kappa shape index (κ1) is 15.6. The molecule has 1 heteroatoms. The Kier molecular flexibility index (Phi) is 5.26. The van der Waals surface area contributed by atoms with Crippen LogP contribution in [0.15, 0.2) is 24.3 Å². The largest absolute Gasteiger partial charge is 0.330 e. The molecule has 1 fully saturated rings. The minimum atomic E-state index is 0.360. The molecule has 0 spiro atoms. The summed E-state index contributed by atoms with van der Waals surface area (Å²) in [7, 11) is 0. The van der Waals surface area contributed by atoms with Gasteiger partial charge in [0.1, 0.15) is 0 Å². The molecule has 1 aliphatic carbocycles. The van der Waals surface area contributed by atoms with E-state index in [1.807, 2.05) is 0 Å². The van der Waals surface area contributed by atoms with E-state index in [-0.39, 0.29) is 0 Å². The van der Waals surface area contributed by atoms with Crippen LogP contribution in [0.5, 0.6) is 0 Å². The third-order valence-electron chi connectivity index (χ3n) is 5.48. The predicted molar refractivity (Wildman–Crippen MR) is 87.8 cm³/mol. The van der Waals surface area contributed by atoms with Crippen LogP contribution in [0.3, 0.4) is 0 Å². The molecule has 0 saturated heterocycles. The summed E-state index contributed by atoms with van der Waals surface area (Å²) in [6.07, 6.45) is 7.63. The van der Waals surface area contributed by atoms with Crippen LogP contribution in [-0.4, -0.2) is 6.54 Å². The van der Waals surface area contributed by atoms with Gasteiger partial charge in [0, 0.05) is 0 Å². The van der Waals surface area contributed by atoms with Crippen molar-refractivity contribution in [2.24, 2.45) is 23.0 Å². The van der Waals surface area contributed by atoms with Gasteiger partial charge in [-0.05, 0) is 73.4 Å². The second-order valence-corrected chi connectivity index (χ2v) is 7.13. The number of hydrogen-bond donors (Lipinski definition) is 1. The molecule has 0 radical (unpaired) electrons. The van der Waals surface area contributed by atoms with E-state index in [0.29, 0.717) is 5.41 Å². The number of hydrogen-bond acceptors (Lipinski definition) is 1. The van der Waals surface area contributed by atoms with E-state index in [2.05, 4.69) is 45.0 Å². The second kappa shape index (κ2) is 6.76. The Hall–Kier alpha value is -0.820. The maximum atomic E-state index is 6.16. The molecular formula is C19H31N. The zero-order valence-electron chi connectivity index (χ0n) is 13.5. The van der Waals surface area contributed by atoms with Crippen molar-refractivity contribution in [1.82, 2.24) is 0 Å². The van der Waals surface area contributed by atoms with E-state index in [4.69, 9.17) is 5.73 Å². The van der Waals surface area contributed by atoms with Crippen LogP contribution in [0.25, 0.3) is 0 Å². The molecule has 112 valence electrons. The second-order valence-electron chi connectivity index (χ2n) is 7.13. The van der Waals surface area contributed by atoms with Gasteiger partial charge >= 0.3 is 0 Å². The van der Waals surface area contributed by atoms with Gasteiger partial charge < -0.3 is 5.73 Å². The van der Waals surface area contributed by atoms with Gasteiger partial charge in [-0.25, -0.2) is 0 Å². The smallest absolute Gasteiger partial charge is 0.00173 e. The van der Waals surface area contributed by atoms with Crippen LogP contribution in [0.2, 0.25) is 0 Å². The molecule has 20 heavy (non-hydrogen) atoms. The van der Waals surface area contributed by atoms with Gasteiger partial charge in [-0.15, -0.1) is 0 Å². The third kappa shape index (κ3) is 3.63. The number of aryl methyl sites for hydroxylation is 1. The van der Waals surface area contributed by atoms with E-state index < -0.39 is 0 Å². The van der Waals surface area contributed by atoms with Crippen molar-refractivity contribution in [3.63, 3.8) is 0 Å². The average Bonchev–Trinajstić information content (AvgIpc) is 2.48. The minimum Gasteiger partial charge on any atom is -0.330 e. The summed E-state index contributed by atoms with van der Waals surface area (Å²) in [6, 6.07) is 9.17. The maximum Gasteiger partial charge on any atom is -0.00173 e. The Labute approximate surface area is 125 Å². The van der Waals surface area contributed by atoms with Gasteiger partial charge in [0.15, 0.2) is 0 Å². The fourth-order valence-electron chi connectivity index (χ4n) is 3.70. The Morgan fingerprint density at radius 3 is 2.10 bits per heavy atom. The summed E-state index contributed by atoms with van der Waals surface area (Å²) in [5.41, 5.74) is 9.42. The van der Waals surface area contributed by atoms with Gasteiger partial charge in [0.2, 0.25) is 0 Å². The van der Waals surface area contributed by atoms with Crippen molar-refractivity contribution in [3.05, 3.63) is 35.4 Å². The maximum absolute atomic E-state index is 6.16. The van der Waals surface area contributed by atoms with E-state index in [1.165, 1.54) is 36.8 Å². The highest BCUT2D eigenvalue weighted by atomic mass is 14.6. The molecule has 1 aliphatic rings. The fraction of sp³-hybridized carbons (Fsp3) is 0.684. The van der Waals surface area contributed by atoms with Gasteiger partial charge in [0.05, 0.1) is 0 Å². The molecule has 1 nitrogen and oxygen atoms in total. The first-order valence-electron chi connectivity index (χ1n) is 8.36. The average molecular weight is 273 g/mol. The lowest BCUT2D eigenvalue weighted by atomic mass is 9.65. The minimum absolute atomic E-state index is 0.360. The molecule has 1 saturated carbocycles. The van der Waals surface area contributed by atoms with Gasteiger partial charge in [0.25, 0.3) is 0 Å². The van der Waals surface area contributed by atoms with E-state index in [1.54, 1.807) is 0 Å². The third-order valence-corrected chi connectivity index (χ3v) is 5.48. The molecule has 2 rings (SSSR count). The normalized spacial score (nSPS) is 26.9. The summed E-state index contributed by atoms with van der Waals surface area (Å²) in [5.74, 6) is 1.74. The van der Waals surface area contributed by atoms with Crippen LogP contribution < -0.4 is 5.73 Å². The van der Waals surface area contributed by atoms with Gasteiger partial charge in [-0.1, -0.05) is 45.0 Å². The zero-order chi connectivity index (χ0) is 14.6. The molecule has 1 aromatic rings. The highest BCUT2D eigenvalue weighted by Crippen LogP contribution is 2.42. The monoisotopic (exact) mass is 273 g/mol. The molecule has 0 heterocycles. The molecule has 0 atom stereocenters. The first-order valence-corrected chi connectivity index (χ1v) is 8.36. The fourth-order valence-corrected chi connectivity index (χ4v) is 3.70. The van der Waals surface area contributed by atoms with Crippen molar-refractivity contribution in [1.29, 1.82) is 0 Å². The summed E-state index contributed by atoms with van der Waals surface area (Å²) >= 11 is 0. The van der Waals surface area contributed by atoms with Crippen LogP contribution >= 0.6 is 0 Å². The SMILES string of the molecule is CCc1ccc(CC2(CN)CCC(C(C)C)CC2)cc1. The van der Waals surface area contributed by atoms with Crippen molar-refractivity contribution in [2.75, 3.05) is 6.54 Å². The molecule has 2 N–H and O–H groups in total. The quantitative estimate of drug-likeness (QED) is 0.834. The zero-order valence-corrected chi connectivity index (χ0v) is 13.5. The first-order chi connectivity index (χ1) is 9.58. The molecule has 0 aromatic heterocycles. The summed E-state index contributed by atoms with van der Waals surface area (Å²) in [5, 5.41) is 0. The lowest BCUT2D eigenvalue weighted by Crippen LogP contribution is -2.37. The highest BCUT2D eigenvalue weighted by molar-refractivity contribution is 5.23.